The van der Waals surface area contributed by atoms with Crippen molar-refractivity contribution in [1.82, 2.24) is 15.6 Å². The van der Waals surface area contributed by atoms with E-state index in [0.717, 1.165) is 31.3 Å². The third-order valence-corrected chi connectivity index (χ3v) is 4.24. The third-order valence-electron chi connectivity index (χ3n) is 3.95. The van der Waals surface area contributed by atoms with Crippen molar-refractivity contribution < 1.29 is 9.53 Å². The van der Waals surface area contributed by atoms with Gasteiger partial charge < -0.3 is 20.3 Å². The van der Waals surface area contributed by atoms with E-state index < -0.39 is 0 Å². The fourth-order valence-electron chi connectivity index (χ4n) is 2.74. The lowest BCUT2D eigenvalue weighted by molar-refractivity contribution is -0.143. The van der Waals surface area contributed by atoms with Crippen LogP contribution in [0.5, 0.6) is 0 Å². The van der Waals surface area contributed by atoms with E-state index in [0.29, 0.717) is 31.0 Å². The first-order valence-corrected chi connectivity index (χ1v) is 9.00. The Morgan fingerprint density at radius 2 is 2.40 bits per heavy atom. The molecule has 2 N–H and O–H groups in total. The minimum Gasteiger partial charge on any atom is -0.466 e. The monoisotopic (exact) mass is 367 g/mol. The average molecular weight is 368 g/mol. The molecule has 0 aliphatic carbocycles. The summed E-state index contributed by atoms with van der Waals surface area (Å²) in [4.78, 5) is 22.1. The highest BCUT2D eigenvalue weighted by molar-refractivity contribution is 6.32. The molecule has 1 unspecified atom stereocenters. The van der Waals surface area contributed by atoms with Gasteiger partial charge in [-0.05, 0) is 31.9 Å². The molecule has 0 amide bonds. The van der Waals surface area contributed by atoms with Crippen molar-refractivity contribution in [3.05, 3.63) is 23.4 Å². The maximum Gasteiger partial charge on any atom is 0.305 e. The normalized spacial score (nSPS) is 17.5. The van der Waals surface area contributed by atoms with Gasteiger partial charge in [0.25, 0.3) is 0 Å². The molecule has 0 radical (unpaired) electrons. The van der Waals surface area contributed by atoms with Crippen LogP contribution in [0.3, 0.4) is 0 Å². The number of pyridine rings is 1. The van der Waals surface area contributed by atoms with E-state index >= 15 is 0 Å². The predicted octanol–water partition coefficient (Wildman–Crippen LogP) is 1.82. The molecule has 1 fully saturated rings. The lowest BCUT2D eigenvalue weighted by Crippen LogP contribution is -2.45. The van der Waals surface area contributed by atoms with E-state index in [1.54, 1.807) is 13.2 Å². The Morgan fingerprint density at radius 1 is 1.56 bits per heavy atom. The molecule has 1 aliphatic rings. The summed E-state index contributed by atoms with van der Waals surface area (Å²) in [6.07, 6.45) is 3.86. The van der Waals surface area contributed by atoms with E-state index in [-0.39, 0.29) is 12.0 Å². The number of nitrogens with zero attached hydrogens (tertiary/aromatic N) is 3. The first-order chi connectivity index (χ1) is 12.1. The summed E-state index contributed by atoms with van der Waals surface area (Å²) >= 11 is 6.22. The van der Waals surface area contributed by atoms with Gasteiger partial charge in [0, 0.05) is 45.3 Å². The number of nitrogens with one attached hydrogen (secondary N) is 2. The molecule has 1 saturated heterocycles. The fraction of sp³-hybridized carbons (Fsp3) is 0.588. The molecule has 138 valence electrons. The number of hydrogen-bond donors (Lipinski definition) is 2. The van der Waals surface area contributed by atoms with Crippen molar-refractivity contribution in [2.24, 2.45) is 4.99 Å². The van der Waals surface area contributed by atoms with E-state index in [9.17, 15) is 4.79 Å². The minimum atomic E-state index is -0.161. The number of guanidine groups is 1. The van der Waals surface area contributed by atoms with Crippen LogP contribution in [-0.4, -0.2) is 56.2 Å². The van der Waals surface area contributed by atoms with Gasteiger partial charge in [0.1, 0.15) is 5.82 Å². The Kier molecular flexibility index (Phi) is 7.78. The molecule has 0 aromatic carbocycles. The Labute approximate surface area is 153 Å². The van der Waals surface area contributed by atoms with Crippen molar-refractivity contribution in [1.29, 1.82) is 0 Å². The number of aromatic nitrogens is 1. The van der Waals surface area contributed by atoms with Crippen molar-refractivity contribution in [3.8, 4) is 0 Å². The van der Waals surface area contributed by atoms with Crippen LogP contribution in [0.4, 0.5) is 5.82 Å². The number of esters is 1. The molecule has 8 heteroatoms. The lowest BCUT2D eigenvalue weighted by Gasteiger charge is -2.20. The van der Waals surface area contributed by atoms with Crippen molar-refractivity contribution in [2.45, 2.75) is 32.2 Å². The number of carbonyl (C=O) groups is 1. The maximum absolute atomic E-state index is 11.3. The summed E-state index contributed by atoms with van der Waals surface area (Å²) in [7, 11) is 1.74. The third kappa shape index (κ3) is 6.08. The van der Waals surface area contributed by atoms with Crippen LogP contribution in [0, 0.1) is 0 Å². The molecule has 2 rings (SSSR count). The highest BCUT2D eigenvalue weighted by Gasteiger charge is 2.25. The predicted molar refractivity (Wildman–Crippen MR) is 100 cm³/mol. The number of aliphatic imine (C=N–C) groups is 1. The van der Waals surface area contributed by atoms with Crippen LogP contribution in [0.15, 0.2) is 23.3 Å². The highest BCUT2D eigenvalue weighted by Crippen LogP contribution is 2.25. The Morgan fingerprint density at radius 3 is 3.12 bits per heavy atom. The standard InChI is InChI=1S/C17H26ClN5O2/c1-3-25-15(24)7-5-10-21-17(19-2)22-13-8-11-23(12-13)16-14(18)6-4-9-20-16/h4,6,9,13H,3,5,7-8,10-12H2,1-2H3,(H2,19,21,22). The van der Waals surface area contributed by atoms with Crippen LogP contribution < -0.4 is 15.5 Å². The van der Waals surface area contributed by atoms with E-state index in [1.165, 1.54) is 0 Å². The summed E-state index contributed by atoms with van der Waals surface area (Å²) in [6.45, 7) is 4.62. The average Bonchev–Trinajstić information content (AvgIpc) is 3.06. The van der Waals surface area contributed by atoms with Crippen LogP contribution in [0.1, 0.15) is 26.2 Å². The van der Waals surface area contributed by atoms with Crippen LogP contribution in [-0.2, 0) is 9.53 Å². The summed E-state index contributed by atoms with van der Waals surface area (Å²) in [5, 5.41) is 7.31. The largest absolute Gasteiger partial charge is 0.466 e. The quantitative estimate of drug-likeness (QED) is 0.331. The van der Waals surface area contributed by atoms with E-state index in [4.69, 9.17) is 16.3 Å². The van der Waals surface area contributed by atoms with E-state index in [2.05, 4.69) is 25.5 Å². The van der Waals surface area contributed by atoms with Crippen LogP contribution in [0.25, 0.3) is 0 Å². The maximum atomic E-state index is 11.3. The Bertz CT molecular complexity index is 596. The van der Waals surface area contributed by atoms with Crippen LogP contribution >= 0.6 is 11.6 Å². The summed E-state index contributed by atoms with van der Waals surface area (Å²) in [5.74, 6) is 1.40. The molecule has 1 aliphatic heterocycles. The lowest BCUT2D eigenvalue weighted by atomic mass is 10.2. The molecule has 2 heterocycles. The summed E-state index contributed by atoms with van der Waals surface area (Å²) in [6, 6.07) is 3.96. The summed E-state index contributed by atoms with van der Waals surface area (Å²) < 4.78 is 4.91. The zero-order valence-corrected chi connectivity index (χ0v) is 15.6. The van der Waals surface area contributed by atoms with E-state index in [1.807, 2.05) is 19.1 Å². The van der Waals surface area contributed by atoms with Crippen molar-refractivity contribution in [2.75, 3.05) is 38.2 Å². The van der Waals surface area contributed by atoms with Gasteiger partial charge >= 0.3 is 5.97 Å². The van der Waals surface area contributed by atoms with Gasteiger partial charge in [0.15, 0.2) is 5.96 Å². The molecule has 25 heavy (non-hydrogen) atoms. The number of hydrogen-bond acceptors (Lipinski definition) is 5. The van der Waals surface area contributed by atoms with Gasteiger partial charge in [0.05, 0.1) is 11.6 Å². The smallest absolute Gasteiger partial charge is 0.305 e. The second kappa shape index (κ2) is 10.1. The van der Waals surface area contributed by atoms with Gasteiger partial charge in [-0.1, -0.05) is 11.6 Å². The number of carbonyl (C=O) groups excluding carboxylic acids is 1. The molecular weight excluding hydrogens is 342 g/mol. The molecule has 1 atom stereocenters. The topological polar surface area (TPSA) is 78.8 Å². The van der Waals surface area contributed by atoms with Crippen LogP contribution in [0.2, 0.25) is 5.02 Å². The molecule has 1 aromatic heterocycles. The highest BCUT2D eigenvalue weighted by atomic mass is 35.5. The number of ether oxygens (including phenoxy) is 1. The molecule has 0 saturated carbocycles. The van der Waals surface area contributed by atoms with Gasteiger partial charge in [-0.2, -0.15) is 0 Å². The number of rotatable bonds is 7. The van der Waals surface area contributed by atoms with Crippen molar-refractivity contribution >= 4 is 29.3 Å². The molecule has 0 spiro atoms. The zero-order valence-electron chi connectivity index (χ0n) is 14.8. The first-order valence-electron chi connectivity index (χ1n) is 8.62. The van der Waals surface area contributed by atoms with Gasteiger partial charge in [-0.15, -0.1) is 0 Å². The van der Waals surface area contributed by atoms with Gasteiger partial charge in [0.2, 0.25) is 0 Å². The molecule has 0 bridgehead atoms. The van der Waals surface area contributed by atoms with Gasteiger partial charge in [-0.3, -0.25) is 9.79 Å². The number of anilines is 1. The summed E-state index contributed by atoms with van der Waals surface area (Å²) in [5.41, 5.74) is 0. The second-order valence-electron chi connectivity index (χ2n) is 5.79. The fourth-order valence-corrected chi connectivity index (χ4v) is 2.98. The molecule has 1 aromatic rings. The molecule has 7 nitrogen and oxygen atoms in total. The van der Waals surface area contributed by atoms with Gasteiger partial charge in [-0.25, -0.2) is 4.98 Å². The number of halogens is 1. The first kappa shape index (κ1) is 19.3. The minimum absolute atomic E-state index is 0.161. The second-order valence-corrected chi connectivity index (χ2v) is 6.20. The SMILES string of the molecule is CCOC(=O)CCCNC(=NC)NC1CCN(c2ncccc2Cl)C1. The Hall–Kier alpha value is -2.02. The molecular formula is C17H26ClN5O2. The Balaban J connectivity index is 1.73. The van der Waals surface area contributed by atoms with Crippen molar-refractivity contribution in [3.63, 3.8) is 0 Å². The zero-order chi connectivity index (χ0) is 18.1.